The highest BCUT2D eigenvalue weighted by molar-refractivity contribution is 5.21. The summed E-state index contributed by atoms with van der Waals surface area (Å²) in [5.74, 6) is -2.92. The predicted octanol–water partition coefficient (Wildman–Crippen LogP) is 3.00. The summed E-state index contributed by atoms with van der Waals surface area (Å²) in [6.45, 7) is 0.828. The van der Waals surface area contributed by atoms with E-state index in [2.05, 4.69) is 15.0 Å². The summed E-state index contributed by atoms with van der Waals surface area (Å²) in [5, 5.41) is 3.26. The molecule has 1 aromatic heterocycles. The molecule has 74 valence electrons. The average Bonchev–Trinajstić information content (AvgIpc) is 2.14. The van der Waals surface area contributed by atoms with Gasteiger partial charge in [-0.1, -0.05) is 5.11 Å². The first-order chi connectivity index (χ1) is 6.54. The molecule has 0 bridgehead atoms. The monoisotopic (exact) mass is 198 g/mol. The molecule has 1 aromatic rings. The normalized spacial score (nSPS) is 10.8. The van der Waals surface area contributed by atoms with E-state index < -0.39 is 5.92 Å². The van der Waals surface area contributed by atoms with E-state index >= 15 is 0 Å². The van der Waals surface area contributed by atoms with Crippen molar-refractivity contribution >= 4 is 0 Å². The van der Waals surface area contributed by atoms with Crippen LogP contribution in [0.25, 0.3) is 10.4 Å². The van der Waals surface area contributed by atoms with Crippen molar-refractivity contribution < 1.29 is 8.78 Å². The lowest BCUT2D eigenvalue weighted by Gasteiger charge is -2.10. The van der Waals surface area contributed by atoms with Gasteiger partial charge in [0.25, 0.3) is 5.92 Å². The second-order valence-corrected chi connectivity index (χ2v) is 2.86. The summed E-state index contributed by atoms with van der Waals surface area (Å²) in [4.78, 5) is 6.17. The van der Waals surface area contributed by atoms with Gasteiger partial charge in [-0.25, -0.2) is 8.78 Å². The van der Waals surface area contributed by atoms with Gasteiger partial charge < -0.3 is 0 Å². The first-order valence-corrected chi connectivity index (χ1v) is 3.87. The Hall–Kier alpha value is -1.68. The number of azide groups is 1. The van der Waals surface area contributed by atoms with Gasteiger partial charge in [0, 0.05) is 29.8 Å². The third-order valence-electron chi connectivity index (χ3n) is 1.62. The van der Waals surface area contributed by atoms with Crippen LogP contribution in [0.3, 0.4) is 0 Å². The number of hydrogen-bond donors (Lipinski definition) is 0. The van der Waals surface area contributed by atoms with Crippen LogP contribution >= 0.6 is 0 Å². The highest BCUT2D eigenvalue weighted by Gasteiger charge is 2.24. The SMILES string of the molecule is CC(F)(F)c1cncc(CN=[N+]=[N-])c1. The van der Waals surface area contributed by atoms with E-state index in [0.29, 0.717) is 5.56 Å². The van der Waals surface area contributed by atoms with E-state index in [9.17, 15) is 8.78 Å². The second-order valence-electron chi connectivity index (χ2n) is 2.86. The van der Waals surface area contributed by atoms with Crippen LogP contribution in [-0.4, -0.2) is 4.98 Å². The molecule has 0 atom stereocenters. The number of hydrogen-bond acceptors (Lipinski definition) is 2. The van der Waals surface area contributed by atoms with Crippen molar-refractivity contribution in [3.8, 4) is 0 Å². The quantitative estimate of drug-likeness (QED) is 0.418. The van der Waals surface area contributed by atoms with E-state index in [0.717, 1.165) is 13.1 Å². The molecular formula is C8H8F2N4. The summed E-state index contributed by atoms with van der Waals surface area (Å²) < 4.78 is 25.6. The molecule has 14 heavy (non-hydrogen) atoms. The first kappa shape index (κ1) is 10.4. The molecule has 0 aliphatic rings. The fraction of sp³-hybridized carbons (Fsp3) is 0.375. The fourth-order valence-electron chi connectivity index (χ4n) is 0.927. The van der Waals surface area contributed by atoms with Gasteiger partial charge in [-0.2, -0.15) is 0 Å². The summed E-state index contributed by atoms with van der Waals surface area (Å²) in [6.07, 6.45) is 2.49. The third-order valence-corrected chi connectivity index (χ3v) is 1.62. The number of pyridine rings is 1. The standard InChI is InChI=1S/C8H8F2N4/c1-8(9,10)7-2-6(3-12-5-7)4-13-14-11/h2-3,5H,4H2,1H3. The molecular weight excluding hydrogens is 190 g/mol. The van der Waals surface area contributed by atoms with E-state index in [4.69, 9.17) is 5.53 Å². The van der Waals surface area contributed by atoms with Gasteiger partial charge in [-0.05, 0) is 17.2 Å². The molecule has 1 heterocycles. The highest BCUT2D eigenvalue weighted by atomic mass is 19.3. The Balaban J connectivity index is 2.95. The van der Waals surface area contributed by atoms with Crippen molar-refractivity contribution in [3.63, 3.8) is 0 Å². The molecule has 0 aliphatic carbocycles. The van der Waals surface area contributed by atoms with Crippen LogP contribution < -0.4 is 0 Å². The highest BCUT2D eigenvalue weighted by Crippen LogP contribution is 2.26. The molecule has 6 heteroatoms. The zero-order valence-electron chi connectivity index (χ0n) is 7.48. The maximum absolute atomic E-state index is 12.8. The van der Waals surface area contributed by atoms with E-state index in [1.54, 1.807) is 0 Å². The molecule has 1 rings (SSSR count). The van der Waals surface area contributed by atoms with Crippen molar-refractivity contribution in [2.75, 3.05) is 0 Å². The Kier molecular flexibility index (Phi) is 2.99. The largest absolute Gasteiger partial charge is 0.272 e. The summed E-state index contributed by atoms with van der Waals surface area (Å²) in [7, 11) is 0. The Labute approximate surface area is 79.2 Å². The van der Waals surface area contributed by atoms with Gasteiger partial charge in [0.05, 0.1) is 6.54 Å². The summed E-state index contributed by atoms with van der Waals surface area (Å²) >= 11 is 0. The van der Waals surface area contributed by atoms with E-state index in [1.807, 2.05) is 0 Å². The van der Waals surface area contributed by atoms with Crippen LogP contribution in [0, 0.1) is 0 Å². The van der Waals surface area contributed by atoms with Crippen LogP contribution in [0.2, 0.25) is 0 Å². The van der Waals surface area contributed by atoms with Crippen LogP contribution in [0.4, 0.5) is 8.78 Å². The third kappa shape index (κ3) is 2.67. The van der Waals surface area contributed by atoms with Crippen LogP contribution in [0.5, 0.6) is 0 Å². The number of nitrogens with zero attached hydrogens (tertiary/aromatic N) is 4. The van der Waals surface area contributed by atoms with Gasteiger partial charge in [0.15, 0.2) is 0 Å². The zero-order valence-corrected chi connectivity index (χ0v) is 7.48. The molecule has 0 radical (unpaired) electrons. The zero-order chi connectivity index (χ0) is 10.6. The molecule has 0 aliphatic heterocycles. The van der Waals surface area contributed by atoms with Gasteiger partial charge >= 0.3 is 0 Å². The lowest BCUT2D eigenvalue weighted by molar-refractivity contribution is 0.0170. The minimum atomic E-state index is -2.92. The molecule has 0 aromatic carbocycles. The second kappa shape index (κ2) is 4.02. The summed E-state index contributed by atoms with van der Waals surface area (Å²) in [5.41, 5.74) is 8.34. The van der Waals surface area contributed by atoms with Crippen molar-refractivity contribution in [3.05, 3.63) is 40.0 Å². The maximum Gasteiger partial charge on any atom is 0.272 e. The lowest BCUT2D eigenvalue weighted by atomic mass is 10.1. The molecule has 0 amide bonds. The number of halogens is 2. The van der Waals surface area contributed by atoms with Crippen LogP contribution in [0.1, 0.15) is 18.1 Å². The van der Waals surface area contributed by atoms with Crippen molar-refractivity contribution in [2.45, 2.75) is 19.4 Å². The molecule has 0 fully saturated rings. The molecule has 0 saturated heterocycles. The Morgan fingerprint density at radius 3 is 2.86 bits per heavy atom. The topological polar surface area (TPSA) is 61.7 Å². The van der Waals surface area contributed by atoms with E-state index in [-0.39, 0.29) is 12.1 Å². The van der Waals surface area contributed by atoms with Crippen LogP contribution in [0.15, 0.2) is 23.6 Å². The van der Waals surface area contributed by atoms with Crippen molar-refractivity contribution in [1.29, 1.82) is 0 Å². The molecule has 0 unspecified atom stereocenters. The maximum atomic E-state index is 12.8. The fourth-order valence-corrected chi connectivity index (χ4v) is 0.927. The Morgan fingerprint density at radius 1 is 1.57 bits per heavy atom. The Morgan fingerprint density at radius 2 is 2.29 bits per heavy atom. The average molecular weight is 198 g/mol. The number of rotatable bonds is 3. The van der Waals surface area contributed by atoms with Crippen molar-refractivity contribution in [2.24, 2.45) is 5.11 Å². The van der Waals surface area contributed by atoms with Gasteiger partial charge in [-0.3, -0.25) is 4.98 Å². The van der Waals surface area contributed by atoms with Gasteiger partial charge in [-0.15, -0.1) is 0 Å². The molecule has 0 spiro atoms. The van der Waals surface area contributed by atoms with Crippen molar-refractivity contribution in [1.82, 2.24) is 4.98 Å². The predicted molar refractivity (Wildman–Crippen MR) is 46.7 cm³/mol. The van der Waals surface area contributed by atoms with Crippen LogP contribution in [-0.2, 0) is 12.5 Å². The van der Waals surface area contributed by atoms with Gasteiger partial charge in [0.2, 0.25) is 0 Å². The molecule has 0 N–H and O–H groups in total. The van der Waals surface area contributed by atoms with E-state index in [1.165, 1.54) is 12.3 Å². The molecule has 0 saturated carbocycles. The first-order valence-electron chi connectivity index (χ1n) is 3.87. The number of aromatic nitrogens is 1. The Bertz CT molecular complexity index is 366. The molecule has 4 nitrogen and oxygen atoms in total. The minimum absolute atomic E-state index is 0.0351. The number of alkyl halides is 2. The minimum Gasteiger partial charge on any atom is -0.264 e. The summed E-state index contributed by atoms with van der Waals surface area (Å²) in [6, 6.07) is 1.28. The smallest absolute Gasteiger partial charge is 0.264 e. The lowest BCUT2D eigenvalue weighted by Crippen LogP contribution is -2.07. The van der Waals surface area contributed by atoms with Gasteiger partial charge in [0.1, 0.15) is 0 Å².